The third-order valence-electron chi connectivity index (χ3n) is 2.13. The molecule has 1 rings (SSSR count). The Hall–Kier alpha value is -0.960. The van der Waals surface area contributed by atoms with Gasteiger partial charge in [0.05, 0.1) is 6.67 Å². The van der Waals surface area contributed by atoms with E-state index in [1.807, 2.05) is 0 Å². The number of alkyl halides is 1. The Morgan fingerprint density at radius 3 is 2.77 bits per heavy atom. The van der Waals surface area contributed by atoms with Crippen LogP contribution in [0.25, 0.3) is 0 Å². The van der Waals surface area contributed by atoms with Crippen LogP contribution in [0.2, 0.25) is 0 Å². The fraction of sp³-hybridized carbons (Fsp3) is 0.400. The lowest BCUT2D eigenvalue weighted by Crippen LogP contribution is -2.13. The first kappa shape index (κ1) is 10.1. The van der Waals surface area contributed by atoms with E-state index in [-0.39, 0.29) is 12.2 Å². The average molecular weight is 185 g/mol. The normalized spacial score (nSPS) is 12.9. The molecule has 13 heavy (non-hydrogen) atoms. The summed E-state index contributed by atoms with van der Waals surface area (Å²) in [4.78, 5) is 0. The highest BCUT2D eigenvalue weighted by atomic mass is 19.1. The molecule has 2 N–H and O–H groups in total. The Labute approximate surface area is 76.6 Å². The largest absolute Gasteiger partial charge is 0.324 e. The second-order valence-corrected chi connectivity index (χ2v) is 3.04. The van der Waals surface area contributed by atoms with E-state index in [2.05, 4.69) is 0 Å². The zero-order valence-electron chi connectivity index (χ0n) is 7.56. The van der Waals surface area contributed by atoms with E-state index < -0.39 is 12.7 Å². The van der Waals surface area contributed by atoms with Crippen LogP contribution in [0.3, 0.4) is 0 Å². The molecule has 0 fully saturated rings. The van der Waals surface area contributed by atoms with E-state index in [1.165, 1.54) is 6.07 Å². The number of nitrogens with two attached hydrogens (primary N) is 1. The Kier molecular flexibility index (Phi) is 3.37. The number of rotatable bonds is 3. The molecular weight excluding hydrogens is 172 g/mol. The smallest absolute Gasteiger partial charge is 0.126 e. The highest BCUT2D eigenvalue weighted by Crippen LogP contribution is 2.20. The summed E-state index contributed by atoms with van der Waals surface area (Å²) < 4.78 is 25.0. The van der Waals surface area contributed by atoms with Crippen LogP contribution < -0.4 is 5.73 Å². The predicted octanol–water partition coefficient (Wildman–Crippen LogP) is 2.49. The number of hydrogen-bond donors (Lipinski definition) is 1. The SMILES string of the molecule is Cc1c(F)cccc1[C@H](N)CCF. The van der Waals surface area contributed by atoms with E-state index in [1.54, 1.807) is 19.1 Å². The van der Waals surface area contributed by atoms with E-state index >= 15 is 0 Å². The first-order chi connectivity index (χ1) is 6.16. The zero-order valence-corrected chi connectivity index (χ0v) is 7.56. The molecule has 0 aromatic heterocycles. The van der Waals surface area contributed by atoms with Crippen molar-refractivity contribution < 1.29 is 8.78 Å². The van der Waals surface area contributed by atoms with Gasteiger partial charge in [-0.3, -0.25) is 4.39 Å². The molecule has 1 aromatic carbocycles. The first-order valence-corrected chi connectivity index (χ1v) is 4.23. The number of halogens is 2. The quantitative estimate of drug-likeness (QED) is 0.769. The van der Waals surface area contributed by atoms with Gasteiger partial charge in [0.15, 0.2) is 0 Å². The molecule has 72 valence electrons. The van der Waals surface area contributed by atoms with Gasteiger partial charge in [0.1, 0.15) is 5.82 Å². The van der Waals surface area contributed by atoms with E-state index in [0.717, 1.165) is 0 Å². The lowest BCUT2D eigenvalue weighted by Gasteiger charge is -2.12. The summed E-state index contributed by atoms with van der Waals surface area (Å²) in [5.74, 6) is -0.285. The van der Waals surface area contributed by atoms with Gasteiger partial charge in [0.25, 0.3) is 0 Å². The van der Waals surface area contributed by atoms with Gasteiger partial charge in [-0.25, -0.2) is 4.39 Å². The summed E-state index contributed by atoms with van der Waals surface area (Å²) in [7, 11) is 0. The molecule has 0 amide bonds. The molecule has 0 saturated carbocycles. The molecular formula is C10H13F2N. The topological polar surface area (TPSA) is 26.0 Å². The summed E-state index contributed by atoms with van der Waals surface area (Å²) in [6.07, 6.45) is 0.240. The summed E-state index contributed by atoms with van der Waals surface area (Å²) in [6, 6.07) is 4.30. The van der Waals surface area contributed by atoms with Crippen LogP contribution in [0.5, 0.6) is 0 Å². The van der Waals surface area contributed by atoms with Gasteiger partial charge in [-0.1, -0.05) is 12.1 Å². The van der Waals surface area contributed by atoms with Crippen molar-refractivity contribution in [3.05, 3.63) is 35.1 Å². The maximum Gasteiger partial charge on any atom is 0.126 e. The van der Waals surface area contributed by atoms with Crippen molar-refractivity contribution in [2.45, 2.75) is 19.4 Å². The standard InChI is InChI=1S/C10H13F2N/c1-7-8(10(13)5-6-11)3-2-4-9(7)12/h2-4,10H,5-6,13H2,1H3/t10-/m1/s1. The van der Waals surface area contributed by atoms with Gasteiger partial charge in [0.2, 0.25) is 0 Å². The van der Waals surface area contributed by atoms with E-state index in [4.69, 9.17) is 5.73 Å². The Morgan fingerprint density at radius 1 is 1.46 bits per heavy atom. The minimum Gasteiger partial charge on any atom is -0.324 e. The molecule has 0 radical (unpaired) electrons. The van der Waals surface area contributed by atoms with Crippen LogP contribution in [-0.4, -0.2) is 6.67 Å². The van der Waals surface area contributed by atoms with Crippen molar-refractivity contribution >= 4 is 0 Å². The van der Waals surface area contributed by atoms with Crippen LogP contribution in [0, 0.1) is 12.7 Å². The van der Waals surface area contributed by atoms with Gasteiger partial charge < -0.3 is 5.73 Å². The Balaban J connectivity index is 2.93. The third kappa shape index (κ3) is 2.25. The molecule has 0 spiro atoms. The third-order valence-corrected chi connectivity index (χ3v) is 2.13. The maximum atomic E-state index is 13.0. The van der Waals surface area contributed by atoms with Crippen LogP contribution in [0.1, 0.15) is 23.6 Å². The molecule has 0 aliphatic heterocycles. The fourth-order valence-corrected chi connectivity index (χ4v) is 1.30. The molecule has 0 heterocycles. The molecule has 1 nitrogen and oxygen atoms in total. The second kappa shape index (κ2) is 4.33. The number of benzene rings is 1. The van der Waals surface area contributed by atoms with Crippen molar-refractivity contribution in [2.24, 2.45) is 5.73 Å². The lowest BCUT2D eigenvalue weighted by atomic mass is 10.00. The van der Waals surface area contributed by atoms with Crippen molar-refractivity contribution in [3.63, 3.8) is 0 Å². The van der Waals surface area contributed by atoms with Gasteiger partial charge in [-0.15, -0.1) is 0 Å². The molecule has 1 aromatic rings. The lowest BCUT2D eigenvalue weighted by molar-refractivity contribution is 0.440. The van der Waals surface area contributed by atoms with Gasteiger partial charge >= 0.3 is 0 Å². The van der Waals surface area contributed by atoms with Crippen LogP contribution in [0.15, 0.2) is 18.2 Å². The fourth-order valence-electron chi connectivity index (χ4n) is 1.30. The first-order valence-electron chi connectivity index (χ1n) is 4.23. The van der Waals surface area contributed by atoms with Gasteiger partial charge in [0, 0.05) is 6.04 Å². The van der Waals surface area contributed by atoms with Crippen molar-refractivity contribution in [2.75, 3.05) is 6.67 Å². The molecule has 1 atom stereocenters. The summed E-state index contributed by atoms with van der Waals surface area (Å²) >= 11 is 0. The van der Waals surface area contributed by atoms with Crippen molar-refractivity contribution in [3.8, 4) is 0 Å². The summed E-state index contributed by atoms with van der Waals surface area (Å²) in [5, 5.41) is 0. The van der Waals surface area contributed by atoms with Crippen LogP contribution >= 0.6 is 0 Å². The minimum absolute atomic E-state index is 0.240. The van der Waals surface area contributed by atoms with Gasteiger partial charge in [-0.05, 0) is 30.5 Å². The Bertz CT molecular complexity index is 286. The molecule has 0 aliphatic carbocycles. The highest BCUT2D eigenvalue weighted by molar-refractivity contribution is 5.29. The average Bonchev–Trinajstić information content (AvgIpc) is 2.10. The van der Waals surface area contributed by atoms with Crippen molar-refractivity contribution in [1.29, 1.82) is 0 Å². The monoisotopic (exact) mass is 185 g/mol. The van der Waals surface area contributed by atoms with Gasteiger partial charge in [-0.2, -0.15) is 0 Å². The zero-order chi connectivity index (χ0) is 9.84. The Morgan fingerprint density at radius 2 is 2.15 bits per heavy atom. The molecule has 0 saturated heterocycles. The van der Waals surface area contributed by atoms with E-state index in [0.29, 0.717) is 11.1 Å². The number of hydrogen-bond acceptors (Lipinski definition) is 1. The predicted molar refractivity (Wildman–Crippen MR) is 48.7 cm³/mol. The molecule has 0 unspecified atom stereocenters. The van der Waals surface area contributed by atoms with Crippen LogP contribution in [0.4, 0.5) is 8.78 Å². The van der Waals surface area contributed by atoms with E-state index in [9.17, 15) is 8.78 Å². The van der Waals surface area contributed by atoms with Crippen LogP contribution in [-0.2, 0) is 0 Å². The van der Waals surface area contributed by atoms with Crippen molar-refractivity contribution in [1.82, 2.24) is 0 Å². The highest BCUT2D eigenvalue weighted by Gasteiger charge is 2.10. The minimum atomic E-state index is -0.475. The molecule has 0 bridgehead atoms. The maximum absolute atomic E-state index is 13.0. The molecule has 0 aliphatic rings. The second-order valence-electron chi connectivity index (χ2n) is 3.04. The summed E-state index contributed by atoms with van der Waals surface area (Å²) in [6.45, 7) is 1.18. The molecule has 3 heteroatoms. The summed E-state index contributed by atoms with van der Waals surface area (Å²) in [5.41, 5.74) is 6.88.